The van der Waals surface area contributed by atoms with Gasteiger partial charge in [-0.2, -0.15) is 0 Å². The van der Waals surface area contributed by atoms with E-state index in [1.807, 2.05) is 31.2 Å². The number of rotatable bonds is 9. The Hall–Kier alpha value is -3.07. The van der Waals surface area contributed by atoms with Crippen molar-refractivity contribution in [3.8, 4) is 17.2 Å². The van der Waals surface area contributed by atoms with Crippen molar-refractivity contribution in [1.82, 2.24) is 5.32 Å². The molecule has 0 atom stereocenters. The third-order valence-corrected chi connectivity index (χ3v) is 4.13. The number of benzene rings is 2. The molecule has 9 heteroatoms. The molecule has 0 aliphatic heterocycles. The van der Waals surface area contributed by atoms with Crippen molar-refractivity contribution in [2.24, 2.45) is 0 Å². The Morgan fingerprint density at radius 1 is 1.14 bits per heavy atom. The standard InChI is InChI=1S/C19H23N3O5S/c1-4-27-15-7-5-14(6-8-15)21-19(28)20-10-9-13-11-17(25-2)18(26-3)12-16(13)22(23)24/h5-8,11-12H,4,9-10H2,1-3H3,(H2,20,21,28). The van der Waals surface area contributed by atoms with Crippen LogP contribution >= 0.6 is 12.2 Å². The molecular weight excluding hydrogens is 382 g/mol. The second-order valence-corrected chi connectivity index (χ2v) is 6.09. The highest BCUT2D eigenvalue weighted by molar-refractivity contribution is 7.80. The van der Waals surface area contributed by atoms with Crippen molar-refractivity contribution in [2.45, 2.75) is 13.3 Å². The number of nitrogens with one attached hydrogen (secondary N) is 2. The second-order valence-electron chi connectivity index (χ2n) is 5.68. The first-order valence-electron chi connectivity index (χ1n) is 8.65. The molecule has 0 fully saturated rings. The SMILES string of the molecule is CCOc1ccc(NC(=S)NCCc2cc(OC)c(OC)cc2[N+](=O)[O-])cc1. The molecule has 8 nitrogen and oxygen atoms in total. The molecule has 0 aliphatic carbocycles. The molecule has 2 aromatic carbocycles. The van der Waals surface area contributed by atoms with Crippen molar-refractivity contribution < 1.29 is 19.1 Å². The molecule has 0 amide bonds. The zero-order chi connectivity index (χ0) is 20.5. The molecule has 2 rings (SSSR count). The molecule has 2 aromatic rings. The lowest BCUT2D eigenvalue weighted by molar-refractivity contribution is -0.385. The van der Waals surface area contributed by atoms with E-state index in [9.17, 15) is 10.1 Å². The van der Waals surface area contributed by atoms with Gasteiger partial charge in [0.15, 0.2) is 16.6 Å². The van der Waals surface area contributed by atoms with Gasteiger partial charge < -0.3 is 24.8 Å². The Balaban J connectivity index is 1.96. The van der Waals surface area contributed by atoms with Crippen molar-refractivity contribution >= 4 is 28.7 Å². The van der Waals surface area contributed by atoms with E-state index in [-0.39, 0.29) is 5.69 Å². The van der Waals surface area contributed by atoms with E-state index in [0.717, 1.165) is 11.4 Å². The maximum Gasteiger partial charge on any atom is 0.276 e. The van der Waals surface area contributed by atoms with Crippen molar-refractivity contribution in [3.63, 3.8) is 0 Å². The summed E-state index contributed by atoms with van der Waals surface area (Å²) in [6, 6.07) is 10.4. The molecule has 0 aliphatic rings. The summed E-state index contributed by atoms with van der Waals surface area (Å²) in [5.74, 6) is 1.55. The largest absolute Gasteiger partial charge is 0.494 e. The van der Waals surface area contributed by atoms with Gasteiger partial charge in [0.1, 0.15) is 5.75 Å². The van der Waals surface area contributed by atoms with Crippen LogP contribution in [-0.4, -0.2) is 37.4 Å². The van der Waals surface area contributed by atoms with Crippen LogP contribution in [0.4, 0.5) is 11.4 Å². The average molecular weight is 405 g/mol. The fourth-order valence-electron chi connectivity index (χ4n) is 2.57. The topological polar surface area (TPSA) is 94.9 Å². The summed E-state index contributed by atoms with van der Waals surface area (Å²) in [5, 5.41) is 17.9. The first-order valence-corrected chi connectivity index (χ1v) is 9.06. The van der Waals surface area contributed by atoms with Gasteiger partial charge in [0.2, 0.25) is 0 Å². The third-order valence-electron chi connectivity index (χ3n) is 3.88. The van der Waals surface area contributed by atoms with Gasteiger partial charge in [-0.15, -0.1) is 0 Å². The fraction of sp³-hybridized carbons (Fsp3) is 0.316. The predicted molar refractivity (Wildman–Crippen MR) is 112 cm³/mol. The van der Waals surface area contributed by atoms with Crippen LogP contribution in [0.2, 0.25) is 0 Å². The number of thiocarbonyl (C=S) groups is 1. The summed E-state index contributed by atoms with van der Waals surface area (Å²) in [6.07, 6.45) is 0.391. The van der Waals surface area contributed by atoms with Gasteiger partial charge in [-0.3, -0.25) is 10.1 Å². The molecule has 0 bridgehead atoms. The molecule has 0 unspecified atom stereocenters. The molecule has 0 radical (unpaired) electrons. The van der Waals surface area contributed by atoms with Crippen LogP contribution in [-0.2, 0) is 6.42 Å². The van der Waals surface area contributed by atoms with Gasteiger partial charge in [-0.1, -0.05) is 0 Å². The van der Waals surface area contributed by atoms with Gasteiger partial charge in [0.05, 0.1) is 31.8 Å². The number of nitro benzene ring substituents is 1. The third kappa shape index (κ3) is 5.71. The number of anilines is 1. The normalized spacial score (nSPS) is 10.1. The number of methoxy groups -OCH3 is 2. The molecule has 0 aromatic heterocycles. The molecule has 28 heavy (non-hydrogen) atoms. The van der Waals surface area contributed by atoms with E-state index < -0.39 is 4.92 Å². The van der Waals surface area contributed by atoms with Crippen LogP contribution < -0.4 is 24.8 Å². The van der Waals surface area contributed by atoms with Gasteiger partial charge in [-0.05, 0) is 55.9 Å². The molecular formula is C19H23N3O5S. The monoisotopic (exact) mass is 405 g/mol. The maximum atomic E-state index is 11.3. The first kappa shape index (κ1) is 21.2. The zero-order valence-electron chi connectivity index (χ0n) is 16.0. The number of hydrogen-bond acceptors (Lipinski definition) is 6. The van der Waals surface area contributed by atoms with Crippen molar-refractivity contribution in [3.05, 3.63) is 52.1 Å². The van der Waals surface area contributed by atoms with Gasteiger partial charge in [0.25, 0.3) is 5.69 Å². The average Bonchev–Trinajstić information content (AvgIpc) is 2.69. The minimum absolute atomic E-state index is 0.0233. The van der Waals surface area contributed by atoms with Crippen LogP contribution in [0.3, 0.4) is 0 Å². The molecule has 0 saturated heterocycles. The Kier molecular flexibility index (Phi) is 7.82. The van der Waals surface area contributed by atoms with Crippen LogP contribution in [0.25, 0.3) is 0 Å². The molecule has 2 N–H and O–H groups in total. The molecule has 0 saturated carbocycles. The predicted octanol–water partition coefficient (Wildman–Crippen LogP) is 3.54. The minimum atomic E-state index is -0.437. The quantitative estimate of drug-likeness (QED) is 0.372. The summed E-state index contributed by atoms with van der Waals surface area (Å²) < 4.78 is 15.8. The van der Waals surface area contributed by atoms with E-state index in [2.05, 4.69) is 10.6 Å². The smallest absolute Gasteiger partial charge is 0.276 e. The van der Waals surface area contributed by atoms with E-state index in [1.165, 1.54) is 20.3 Å². The molecule has 0 heterocycles. The summed E-state index contributed by atoms with van der Waals surface area (Å²) in [6.45, 7) is 2.95. The van der Waals surface area contributed by atoms with E-state index in [4.69, 9.17) is 26.4 Å². The minimum Gasteiger partial charge on any atom is -0.494 e. The highest BCUT2D eigenvalue weighted by atomic mass is 32.1. The second kappa shape index (κ2) is 10.3. The van der Waals surface area contributed by atoms with Gasteiger partial charge in [-0.25, -0.2) is 0 Å². The molecule has 150 valence electrons. The summed E-state index contributed by atoms with van der Waals surface area (Å²) in [7, 11) is 2.93. The Morgan fingerprint density at radius 3 is 2.36 bits per heavy atom. The highest BCUT2D eigenvalue weighted by Crippen LogP contribution is 2.34. The van der Waals surface area contributed by atoms with E-state index in [1.54, 1.807) is 6.07 Å². The highest BCUT2D eigenvalue weighted by Gasteiger charge is 2.19. The number of ether oxygens (including phenoxy) is 3. The van der Waals surface area contributed by atoms with Crippen molar-refractivity contribution in [1.29, 1.82) is 0 Å². The summed E-state index contributed by atoms with van der Waals surface area (Å²) in [5.41, 5.74) is 1.32. The van der Waals surface area contributed by atoms with Gasteiger partial charge in [0, 0.05) is 17.8 Å². The van der Waals surface area contributed by atoms with Gasteiger partial charge >= 0.3 is 0 Å². The summed E-state index contributed by atoms with van der Waals surface area (Å²) in [4.78, 5) is 10.9. The lowest BCUT2D eigenvalue weighted by Crippen LogP contribution is -2.30. The first-order chi connectivity index (χ1) is 13.5. The Morgan fingerprint density at radius 2 is 1.79 bits per heavy atom. The van der Waals surface area contributed by atoms with Crippen LogP contribution in [0.15, 0.2) is 36.4 Å². The lowest BCUT2D eigenvalue weighted by atomic mass is 10.1. The zero-order valence-corrected chi connectivity index (χ0v) is 16.8. The van der Waals surface area contributed by atoms with Crippen molar-refractivity contribution in [2.75, 3.05) is 32.7 Å². The maximum absolute atomic E-state index is 11.3. The Bertz CT molecular complexity index is 827. The summed E-state index contributed by atoms with van der Waals surface area (Å²) >= 11 is 5.28. The fourth-order valence-corrected chi connectivity index (χ4v) is 2.79. The molecule has 0 spiro atoms. The number of nitro groups is 1. The van der Waals surface area contributed by atoms with Crippen LogP contribution in [0.5, 0.6) is 17.2 Å². The number of nitrogens with zero attached hydrogens (tertiary/aromatic N) is 1. The van der Waals surface area contributed by atoms with E-state index in [0.29, 0.717) is 41.7 Å². The Labute approximate surface area is 168 Å². The van der Waals surface area contributed by atoms with E-state index >= 15 is 0 Å². The number of hydrogen-bond donors (Lipinski definition) is 2. The lowest BCUT2D eigenvalue weighted by Gasteiger charge is -2.13. The van der Waals surface area contributed by atoms with Crippen LogP contribution in [0.1, 0.15) is 12.5 Å². The van der Waals surface area contributed by atoms with Crippen LogP contribution in [0, 0.1) is 10.1 Å².